The second-order valence-electron chi connectivity index (χ2n) is 7.31. The van der Waals surface area contributed by atoms with Gasteiger partial charge in [-0.05, 0) is 44.2 Å². The number of anilines is 2. The van der Waals surface area contributed by atoms with Crippen LogP contribution in [0.2, 0.25) is 0 Å². The van der Waals surface area contributed by atoms with E-state index in [1.165, 1.54) is 6.33 Å². The molecule has 10 nitrogen and oxygen atoms in total. The summed E-state index contributed by atoms with van der Waals surface area (Å²) in [4.78, 5) is 50.3. The fourth-order valence-electron chi connectivity index (χ4n) is 4.24. The molecule has 0 radical (unpaired) electrons. The van der Waals surface area contributed by atoms with Gasteiger partial charge in [-0.3, -0.25) is 19.0 Å². The maximum atomic E-state index is 13.3. The van der Waals surface area contributed by atoms with E-state index in [2.05, 4.69) is 25.6 Å². The molecule has 1 fully saturated rings. The Labute approximate surface area is 168 Å². The average Bonchev–Trinajstić information content (AvgIpc) is 3.38. The van der Waals surface area contributed by atoms with Crippen LogP contribution >= 0.6 is 11.3 Å². The van der Waals surface area contributed by atoms with Crippen molar-refractivity contribution < 1.29 is 9.59 Å². The molecule has 2 aliphatic rings. The number of pyridine rings is 1. The first-order valence-corrected chi connectivity index (χ1v) is 9.99. The van der Waals surface area contributed by atoms with Gasteiger partial charge in [0.1, 0.15) is 33.7 Å². The monoisotopic (exact) mass is 411 g/mol. The molecule has 1 spiro atoms. The molecule has 1 saturated carbocycles. The molecule has 148 valence electrons. The van der Waals surface area contributed by atoms with Gasteiger partial charge in [0.15, 0.2) is 10.8 Å². The van der Waals surface area contributed by atoms with E-state index < -0.39 is 11.6 Å². The molecular formula is C18H17N7O3S. The smallest absolute Gasteiger partial charge is 0.277 e. The maximum absolute atomic E-state index is 13.3. The van der Waals surface area contributed by atoms with Gasteiger partial charge in [0.25, 0.3) is 17.4 Å². The molecule has 0 unspecified atom stereocenters. The summed E-state index contributed by atoms with van der Waals surface area (Å²) in [6.45, 7) is 1.80. The Balaban J connectivity index is 1.65. The lowest BCUT2D eigenvalue weighted by Crippen LogP contribution is -2.45. The van der Waals surface area contributed by atoms with Gasteiger partial charge >= 0.3 is 0 Å². The van der Waals surface area contributed by atoms with Crippen LogP contribution in [0.3, 0.4) is 0 Å². The Kier molecular flexibility index (Phi) is 3.72. The molecule has 3 aromatic rings. The lowest BCUT2D eigenvalue weighted by atomic mass is 10.1. The number of nitrogens with one attached hydrogen (secondary N) is 2. The summed E-state index contributed by atoms with van der Waals surface area (Å²) in [6.07, 6.45) is 4.67. The molecule has 0 saturated heterocycles. The Morgan fingerprint density at radius 3 is 2.79 bits per heavy atom. The van der Waals surface area contributed by atoms with Gasteiger partial charge in [0.05, 0.1) is 0 Å². The van der Waals surface area contributed by atoms with Crippen LogP contribution in [0.1, 0.15) is 51.5 Å². The third-order valence-corrected chi connectivity index (χ3v) is 6.45. The number of rotatable bonds is 3. The summed E-state index contributed by atoms with van der Waals surface area (Å²) in [7, 11) is 0. The summed E-state index contributed by atoms with van der Waals surface area (Å²) >= 11 is 1.06. The minimum absolute atomic E-state index is 0.116. The number of carbonyl (C=O) groups excluding carboxylic acids is 2. The third kappa shape index (κ3) is 2.54. The van der Waals surface area contributed by atoms with Crippen LogP contribution in [0.5, 0.6) is 0 Å². The van der Waals surface area contributed by atoms with E-state index in [1.54, 1.807) is 17.6 Å². The molecule has 1 aliphatic heterocycles. The van der Waals surface area contributed by atoms with Gasteiger partial charge in [0, 0.05) is 0 Å². The van der Waals surface area contributed by atoms with Gasteiger partial charge in [-0.2, -0.15) is 0 Å². The van der Waals surface area contributed by atoms with Crippen molar-refractivity contribution >= 4 is 45.0 Å². The van der Waals surface area contributed by atoms with Crippen molar-refractivity contribution in [3.8, 4) is 0 Å². The van der Waals surface area contributed by atoms with Crippen LogP contribution in [0.4, 0.5) is 11.5 Å². The minimum Gasteiger partial charge on any atom is -0.364 e. The number of carbonyl (C=O) groups is 2. The van der Waals surface area contributed by atoms with E-state index in [4.69, 9.17) is 5.73 Å². The van der Waals surface area contributed by atoms with Crippen LogP contribution in [-0.4, -0.2) is 31.3 Å². The van der Waals surface area contributed by atoms with Crippen LogP contribution < -0.4 is 21.9 Å². The Morgan fingerprint density at radius 1 is 1.31 bits per heavy atom. The molecule has 3 aromatic heterocycles. The van der Waals surface area contributed by atoms with Crippen LogP contribution in [0, 0.1) is 6.92 Å². The molecule has 0 bridgehead atoms. The molecule has 4 heterocycles. The SMILES string of the molecule is Cc1cc(Nc2ncnc3sc(C(N)=O)nc23)c(=O)n2c1C(=O)NC21CCCC1. The van der Waals surface area contributed by atoms with E-state index in [1.807, 2.05) is 0 Å². The number of aryl methyl sites for hydroxylation is 1. The zero-order valence-electron chi connectivity index (χ0n) is 15.5. The van der Waals surface area contributed by atoms with Crippen molar-refractivity contribution in [3.05, 3.63) is 39.0 Å². The number of amides is 2. The Bertz CT molecular complexity index is 1260. The van der Waals surface area contributed by atoms with Crippen molar-refractivity contribution in [1.29, 1.82) is 0 Å². The number of thiazole rings is 1. The highest BCUT2D eigenvalue weighted by Crippen LogP contribution is 2.39. The zero-order chi connectivity index (χ0) is 20.3. The molecule has 4 N–H and O–H groups in total. The summed E-state index contributed by atoms with van der Waals surface area (Å²) in [5, 5.41) is 6.17. The number of nitrogens with two attached hydrogens (primary N) is 1. The number of aromatic nitrogens is 4. The van der Waals surface area contributed by atoms with Crippen LogP contribution in [0.15, 0.2) is 17.2 Å². The molecule has 29 heavy (non-hydrogen) atoms. The normalized spacial score (nSPS) is 16.9. The first-order valence-electron chi connectivity index (χ1n) is 9.18. The number of nitrogens with zero attached hydrogens (tertiary/aromatic N) is 4. The van der Waals surface area contributed by atoms with E-state index in [9.17, 15) is 14.4 Å². The number of hydrogen-bond donors (Lipinski definition) is 3. The first-order chi connectivity index (χ1) is 13.9. The summed E-state index contributed by atoms with van der Waals surface area (Å²) < 4.78 is 1.59. The van der Waals surface area contributed by atoms with Gasteiger partial charge < -0.3 is 16.4 Å². The summed E-state index contributed by atoms with van der Waals surface area (Å²) in [5.41, 5.74) is 6.08. The van der Waals surface area contributed by atoms with E-state index in [0.29, 0.717) is 27.4 Å². The van der Waals surface area contributed by atoms with E-state index >= 15 is 0 Å². The van der Waals surface area contributed by atoms with Gasteiger partial charge in [-0.25, -0.2) is 15.0 Å². The third-order valence-electron chi connectivity index (χ3n) is 5.47. The largest absolute Gasteiger partial charge is 0.364 e. The average molecular weight is 411 g/mol. The first kappa shape index (κ1) is 17.7. The van der Waals surface area contributed by atoms with Crippen molar-refractivity contribution in [2.75, 3.05) is 5.32 Å². The lowest BCUT2D eigenvalue weighted by molar-refractivity contribution is 0.0919. The predicted octanol–water partition coefficient (Wildman–Crippen LogP) is 1.37. The van der Waals surface area contributed by atoms with E-state index in [0.717, 1.165) is 37.0 Å². The van der Waals surface area contributed by atoms with Gasteiger partial charge in [0.2, 0.25) is 0 Å². The fraction of sp³-hybridized carbons (Fsp3) is 0.333. The van der Waals surface area contributed by atoms with Crippen molar-refractivity contribution in [2.24, 2.45) is 5.73 Å². The Hall–Kier alpha value is -3.34. The second kappa shape index (κ2) is 6.08. The number of primary amides is 1. The highest BCUT2D eigenvalue weighted by Gasteiger charge is 2.46. The van der Waals surface area contributed by atoms with Gasteiger partial charge in [-0.1, -0.05) is 11.3 Å². The second-order valence-corrected chi connectivity index (χ2v) is 8.28. The fourth-order valence-corrected chi connectivity index (χ4v) is 5.00. The molecule has 0 atom stereocenters. The molecule has 5 rings (SSSR count). The summed E-state index contributed by atoms with van der Waals surface area (Å²) in [5.74, 6) is -0.572. The molecular weight excluding hydrogens is 394 g/mol. The zero-order valence-corrected chi connectivity index (χ0v) is 16.3. The quantitative estimate of drug-likeness (QED) is 0.590. The molecule has 2 amide bonds. The van der Waals surface area contributed by atoms with E-state index in [-0.39, 0.29) is 22.2 Å². The standard InChI is InChI=1S/C18H17N7O3S/c1-8-6-9(17(28)25-11(8)14(27)24-18(25)4-2-3-5-18)22-13-10-15(21-7-20-13)29-16(23-10)12(19)26/h6-7H,2-5H2,1H3,(H2,19,26)(H,24,27)(H,20,21,22). The topological polar surface area (TPSA) is 145 Å². The minimum atomic E-state index is -0.660. The molecule has 11 heteroatoms. The maximum Gasteiger partial charge on any atom is 0.277 e. The van der Waals surface area contributed by atoms with Crippen molar-refractivity contribution in [2.45, 2.75) is 38.3 Å². The predicted molar refractivity (Wildman–Crippen MR) is 106 cm³/mol. The lowest BCUT2D eigenvalue weighted by Gasteiger charge is -2.26. The molecule has 1 aliphatic carbocycles. The number of fused-ring (bicyclic) bond motifs is 3. The Morgan fingerprint density at radius 2 is 2.07 bits per heavy atom. The van der Waals surface area contributed by atoms with Crippen molar-refractivity contribution in [1.82, 2.24) is 24.8 Å². The van der Waals surface area contributed by atoms with Crippen molar-refractivity contribution in [3.63, 3.8) is 0 Å². The highest BCUT2D eigenvalue weighted by molar-refractivity contribution is 7.19. The van der Waals surface area contributed by atoms with Crippen LogP contribution in [0.25, 0.3) is 10.3 Å². The summed E-state index contributed by atoms with van der Waals surface area (Å²) in [6, 6.07) is 1.64. The van der Waals surface area contributed by atoms with Gasteiger partial charge in [-0.15, -0.1) is 0 Å². The van der Waals surface area contributed by atoms with Crippen LogP contribution in [-0.2, 0) is 5.66 Å². The molecule has 0 aromatic carbocycles. The highest BCUT2D eigenvalue weighted by atomic mass is 32.1. The number of hydrogen-bond acceptors (Lipinski definition) is 8.